The lowest BCUT2D eigenvalue weighted by Gasteiger charge is -2.26. The molecule has 0 saturated heterocycles. The van der Waals surface area contributed by atoms with Gasteiger partial charge >= 0.3 is 5.97 Å². The zero-order valence-corrected chi connectivity index (χ0v) is 15.0. The average molecular weight is 372 g/mol. The number of furan rings is 1. The van der Waals surface area contributed by atoms with Crippen molar-refractivity contribution in [3.8, 4) is 17.6 Å². The number of nitriles is 1. The molecule has 0 saturated carbocycles. The lowest BCUT2D eigenvalue weighted by molar-refractivity contribution is 0.0701. The highest BCUT2D eigenvalue weighted by Gasteiger charge is 2.31. The molecule has 0 amide bonds. The maximum absolute atomic E-state index is 12.1. The Morgan fingerprint density at radius 1 is 1.18 bits per heavy atom. The summed E-state index contributed by atoms with van der Waals surface area (Å²) in [6.07, 6.45) is 1.40. The van der Waals surface area contributed by atoms with E-state index in [0.29, 0.717) is 11.3 Å². The molecule has 6 nitrogen and oxygen atoms in total. The normalized spacial score (nSPS) is 15.4. The van der Waals surface area contributed by atoms with Crippen LogP contribution in [0.1, 0.15) is 33.2 Å². The van der Waals surface area contributed by atoms with Crippen LogP contribution in [-0.2, 0) is 0 Å². The molecule has 0 radical (unpaired) electrons. The Morgan fingerprint density at radius 3 is 2.64 bits per heavy atom. The molecule has 2 heterocycles. The number of hydrogen-bond acceptors (Lipinski definition) is 6. The second-order valence-electron chi connectivity index (χ2n) is 6.40. The third-order valence-corrected chi connectivity index (χ3v) is 4.53. The van der Waals surface area contributed by atoms with Crippen molar-refractivity contribution in [2.75, 3.05) is 0 Å². The third kappa shape index (κ3) is 3.10. The van der Waals surface area contributed by atoms with Crippen LogP contribution >= 0.6 is 0 Å². The summed E-state index contributed by atoms with van der Waals surface area (Å²) < 4.78 is 16.0. The average Bonchev–Trinajstić information content (AvgIpc) is 3.22. The van der Waals surface area contributed by atoms with Crippen molar-refractivity contribution < 1.29 is 18.7 Å². The lowest BCUT2D eigenvalue weighted by atomic mass is 9.83. The number of allylic oxidation sites excluding steroid dienone is 1. The van der Waals surface area contributed by atoms with E-state index in [9.17, 15) is 10.1 Å². The van der Waals surface area contributed by atoms with Gasteiger partial charge in [0.25, 0.3) is 0 Å². The van der Waals surface area contributed by atoms with Gasteiger partial charge in [0.15, 0.2) is 0 Å². The van der Waals surface area contributed by atoms with Crippen LogP contribution in [0.2, 0.25) is 0 Å². The largest absolute Gasteiger partial charge is 0.457 e. The Labute approximate surface area is 161 Å². The van der Waals surface area contributed by atoms with Gasteiger partial charge in [-0.1, -0.05) is 35.9 Å². The molecule has 3 aromatic rings. The zero-order valence-electron chi connectivity index (χ0n) is 15.0. The fourth-order valence-electron chi connectivity index (χ4n) is 3.15. The Kier molecular flexibility index (Phi) is 4.34. The number of benzene rings is 2. The fraction of sp³-hybridized carbons (Fsp3) is 0.0909. The molecule has 1 atom stereocenters. The number of nitrogens with zero attached hydrogens (tertiary/aromatic N) is 1. The first kappa shape index (κ1) is 17.4. The number of carbonyl (C=O) groups excluding carboxylic acids is 1. The van der Waals surface area contributed by atoms with E-state index in [1.807, 2.05) is 31.2 Å². The summed E-state index contributed by atoms with van der Waals surface area (Å²) >= 11 is 0. The van der Waals surface area contributed by atoms with Crippen LogP contribution in [-0.4, -0.2) is 5.97 Å². The van der Waals surface area contributed by atoms with E-state index in [4.69, 9.17) is 19.6 Å². The maximum Gasteiger partial charge on any atom is 0.379 e. The fourth-order valence-corrected chi connectivity index (χ4v) is 3.15. The Balaban J connectivity index is 1.72. The minimum absolute atomic E-state index is 0.0371. The summed E-state index contributed by atoms with van der Waals surface area (Å²) in [5.41, 5.74) is 9.16. The number of carbonyl (C=O) groups is 1. The van der Waals surface area contributed by atoms with Crippen molar-refractivity contribution in [1.29, 1.82) is 5.26 Å². The van der Waals surface area contributed by atoms with Gasteiger partial charge in [-0.15, -0.1) is 0 Å². The smallest absolute Gasteiger partial charge is 0.379 e. The van der Waals surface area contributed by atoms with Gasteiger partial charge in [0.2, 0.25) is 11.6 Å². The molecular formula is C22H16N2O4. The van der Waals surface area contributed by atoms with Gasteiger partial charge in [0.05, 0.1) is 12.2 Å². The minimum Gasteiger partial charge on any atom is -0.457 e. The van der Waals surface area contributed by atoms with Gasteiger partial charge in [-0.25, -0.2) is 4.79 Å². The molecule has 2 N–H and O–H groups in total. The van der Waals surface area contributed by atoms with Crippen LogP contribution in [0.3, 0.4) is 0 Å². The van der Waals surface area contributed by atoms with Crippen molar-refractivity contribution in [3.05, 3.63) is 94.8 Å². The molecule has 0 aliphatic carbocycles. The Hall–Kier alpha value is -3.98. The molecule has 28 heavy (non-hydrogen) atoms. The summed E-state index contributed by atoms with van der Waals surface area (Å²) in [4.78, 5) is 12.1. The molecule has 6 heteroatoms. The molecule has 2 aromatic carbocycles. The van der Waals surface area contributed by atoms with Crippen LogP contribution in [0.25, 0.3) is 0 Å². The highest BCUT2D eigenvalue weighted by atomic mass is 16.5. The molecule has 4 rings (SSSR count). The zero-order chi connectivity index (χ0) is 19.7. The quantitative estimate of drug-likeness (QED) is 0.551. The Morgan fingerprint density at radius 2 is 1.96 bits per heavy atom. The number of nitrogens with two attached hydrogens (primary N) is 1. The van der Waals surface area contributed by atoms with Gasteiger partial charge in [-0.2, -0.15) is 5.26 Å². The number of aryl methyl sites for hydroxylation is 1. The first-order valence-electron chi connectivity index (χ1n) is 8.60. The summed E-state index contributed by atoms with van der Waals surface area (Å²) in [6, 6.07) is 18.2. The van der Waals surface area contributed by atoms with Crippen molar-refractivity contribution >= 4 is 5.97 Å². The predicted molar refractivity (Wildman–Crippen MR) is 101 cm³/mol. The number of ether oxygens (including phenoxy) is 2. The maximum atomic E-state index is 12.1. The van der Waals surface area contributed by atoms with Crippen LogP contribution < -0.4 is 15.2 Å². The molecule has 1 aromatic heterocycles. The molecule has 1 aliphatic rings. The summed E-state index contributed by atoms with van der Waals surface area (Å²) in [5.74, 6) is -0.110. The first-order valence-corrected chi connectivity index (χ1v) is 8.60. The second kappa shape index (κ2) is 6.97. The number of esters is 1. The monoisotopic (exact) mass is 372 g/mol. The van der Waals surface area contributed by atoms with Crippen LogP contribution in [0.4, 0.5) is 0 Å². The summed E-state index contributed by atoms with van der Waals surface area (Å²) in [5, 5.41) is 9.60. The molecule has 1 aliphatic heterocycles. The number of fused-ring (bicyclic) bond motifs is 1. The standard InChI is InChI=1S/C22H16N2O4/c1-13-4-6-14(7-5-13)20-16-9-8-15(27-22(25)18-3-2-10-26-18)11-19(16)28-21(24)17(20)12-23/h2-11,20H,24H2,1H3. The van der Waals surface area contributed by atoms with E-state index in [1.54, 1.807) is 24.3 Å². The predicted octanol–water partition coefficient (Wildman–Crippen LogP) is 4.03. The second-order valence-corrected chi connectivity index (χ2v) is 6.40. The van der Waals surface area contributed by atoms with Crippen molar-refractivity contribution in [2.24, 2.45) is 5.73 Å². The first-order chi connectivity index (χ1) is 13.6. The van der Waals surface area contributed by atoms with Gasteiger partial charge < -0.3 is 19.6 Å². The lowest BCUT2D eigenvalue weighted by Crippen LogP contribution is -2.21. The van der Waals surface area contributed by atoms with E-state index in [-0.39, 0.29) is 23.3 Å². The molecule has 138 valence electrons. The van der Waals surface area contributed by atoms with Crippen molar-refractivity contribution in [3.63, 3.8) is 0 Å². The van der Waals surface area contributed by atoms with E-state index >= 15 is 0 Å². The van der Waals surface area contributed by atoms with Gasteiger partial charge in [0, 0.05) is 11.6 Å². The molecule has 0 fully saturated rings. The number of rotatable bonds is 3. The van der Waals surface area contributed by atoms with E-state index < -0.39 is 5.97 Å². The third-order valence-electron chi connectivity index (χ3n) is 4.53. The molecule has 0 spiro atoms. The van der Waals surface area contributed by atoms with E-state index in [2.05, 4.69) is 6.07 Å². The van der Waals surface area contributed by atoms with Crippen LogP contribution in [0.15, 0.2) is 76.7 Å². The van der Waals surface area contributed by atoms with Gasteiger partial charge in [0.1, 0.15) is 23.1 Å². The highest BCUT2D eigenvalue weighted by molar-refractivity contribution is 5.88. The van der Waals surface area contributed by atoms with Crippen molar-refractivity contribution in [2.45, 2.75) is 12.8 Å². The molecule has 1 unspecified atom stereocenters. The Bertz CT molecular complexity index is 1110. The molecule has 0 bridgehead atoms. The van der Waals surface area contributed by atoms with Crippen LogP contribution in [0, 0.1) is 18.3 Å². The number of hydrogen-bond donors (Lipinski definition) is 1. The SMILES string of the molecule is Cc1ccc(C2C(C#N)=C(N)Oc3cc(OC(=O)c4ccco4)ccc32)cc1. The van der Waals surface area contributed by atoms with Crippen LogP contribution in [0.5, 0.6) is 11.5 Å². The summed E-state index contributed by atoms with van der Waals surface area (Å²) in [6.45, 7) is 2.00. The topological polar surface area (TPSA) is 98.5 Å². The summed E-state index contributed by atoms with van der Waals surface area (Å²) in [7, 11) is 0. The highest BCUT2D eigenvalue weighted by Crippen LogP contribution is 2.43. The van der Waals surface area contributed by atoms with E-state index in [1.165, 1.54) is 12.3 Å². The van der Waals surface area contributed by atoms with Gasteiger partial charge in [-0.3, -0.25) is 0 Å². The van der Waals surface area contributed by atoms with E-state index in [0.717, 1.165) is 16.7 Å². The molecular weight excluding hydrogens is 356 g/mol. The van der Waals surface area contributed by atoms with Gasteiger partial charge in [-0.05, 0) is 30.7 Å². The van der Waals surface area contributed by atoms with Crippen molar-refractivity contribution in [1.82, 2.24) is 0 Å². The minimum atomic E-state index is -0.614.